The molecule has 0 bridgehead atoms. The van der Waals surface area contributed by atoms with Gasteiger partial charge in [-0.25, -0.2) is 9.66 Å². The van der Waals surface area contributed by atoms with E-state index in [4.69, 9.17) is 11.6 Å². The van der Waals surface area contributed by atoms with Crippen molar-refractivity contribution in [1.29, 1.82) is 0 Å². The maximum Gasteiger partial charge on any atom is 0.278 e. The largest absolute Gasteiger partial charge is 0.383 e. The molecule has 2 heterocycles. The highest BCUT2D eigenvalue weighted by Crippen LogP contribution is 2.34. The molecule has 0 unspecified atom stereocenters. The van der Waals surface area contributed by atoms with Gasteiger partial charge in [0.2, 0.25) is 0 Å². The SMILES string of the molecule is Cn1c(-c2c(N)n(N)c(=O)c3cc([N+](=O)[O-])ccc23)nc2ccccc21. The number of nitro benzene ring substituents is 1. The molecule has 0 aliphatic rings. The van der Waals surface area contributed by atoms with Crippen LogP contribution in [0.5, 0.6) is 0 Å². The number of nitrogens with zero attached hydrogens (tertiary/aromatic N) is 4. The third kappa shape index (κ3) is 2.04. The lowest BCUT2D eigenvalue weighted by Crippen LogP contribution is -2.30. The Morgan fingerprint density at radius 3 is 2.58 bits per heavy atom. The van der Waals surface area contributed by atoms with Gasteiger partial charge in [0, 0.05) is 24.6 Å². The minimum atomic E-state index is -0.608. The fourth-order valence-corrected chi connectivity index (χ4v) is 3.14. The Balaban J connectivity index is 2.16. The average molecular weight is 350 g/mol. The third-order valence-corrected chi connectivity index (χ3v) is 4.46. The Bertz CT molecular complexity index is 1270. The molecule has 0 aliphatic carbocycles. The second-order valence-corrected chi connectivity index (χ2v) is 5.91. The van der Waals surface area contributed by atoms with E-state index in [0.29, 0.717) is 16.8 Å². The van der Waals surface area contributed by atoms with Crippen LogP contribution in [0, 0.1) is 10.1 Å². The van der Waals surface area contributed by atoms with Gasteiger partial charge in [0.1, 0.15) is 11.6 Å². The van der Waals surface area contributed by atoms with Crippen LogP contribution < -0.4 is 17.1 Å². The fraction of sp³-hybridized carbons (Fsp3) is 0.0588. The average Bonchev–Trinajstić information content (AvgIpc) is 2.96. The van der Waals surface area contributed by atoms with Gasteiger partial charge in [0.15, 0.2) is 0 Å². The van der Waals surface area contributed by atoms with E-state index in [1.54, 1.807) is 0 Å². The lowest BCUT2D eigenvalue weighted by molar-refractivity contribution is -0.384. The third-order valence-electron chi connectivity index (χ3n) is 4.46. The van der Waals surface area contributed by atoms with Crippen LogP contribution in [0.1, 0.15) is 0 Å². The van der Waals surface area contributed by atoms with Gasteiger partial charge < -0.3 is 16.1 Å². The number of fused-ring (bicyclic) bond motifs is 2. The molecule has 0 fully saturated rings. The molecule has 4 N–H and O–H groups in total. The molecule has 9 nitrogen and oxygen atoms in total. The molecule has 9 heteroatoms. The van der Waals surface area contributed by atoms with Crippen molar-refractivity contribution >= 4 is 33.3 Å². The Hall–Kier alpha value is -3.88. The lowest BCUT2D eigenvalue weighted by Gasteiger charge is -2.13. The Labute approximate surface area is 146 Å². The minimum absolute atomic E-state index is 0.0368. The van der Waals surface area contributed by atoms with Crippen molar-refractivity contribution in [3.8, 4) is 11.4 Å². The highest BCUT2D eigenvalue weighted by Gasteiger charge is 2.21. The van der Waals surface area contributed by atoms with Gasteiger partial charge in [-0.15, -0.1) is 0 Å². The molecule has 0 saturated carbocycles. The molecule has 0 radical (unpaired) electrons. The van der Waals surface area contributed by atoms with Crippen molar-refractivity contribution in [2.45, 2.75) is 0 Å². The normalized spacial score (nSPS) is 11.3. The number of nitro groups is 1. The standard InChI is InChI=1S/C17H14N6O3/c1-21-13-5-3-2-4-12(13)20-16(21)14-10-7-6-9(23(25)26)8-11(10)17(24)22(19)15(14)18/h2-8H,18-19H2,1H3. The molecule has 2 aromatic heterocycles. The zero-order chi connectivity index (χ0) is 18.6. The van der Waals surface area contributed by atoms with Gasteiger partial charge >= 0.3 is 0 Å². The number of aryl methyl sites for hydroxylation is 1. The summed E-state index contributed by atoms with van der Waals surface area (Å²) >= 11 is 0. The van der Waals surface area contributed by atoms with Gasteiger partial charge in [-0.2, -0.15) is 0 Å². The summed E-state index contributed by atoms with van der Waals surface area (Å²) < 4.78 is 2.63. The van der Waals surface area contributed by atoms with Crippen LogP contribution in [0.3, 0.4) is 0 Å². The first kappa shape index (κ1) is 15.6. The second-order valence-electron chi connectivity index (χ2n) is 5.91. The molecule has 0 aliphatic heterocycles. The number of nitrogen functional groups attached to an aromatic ring is 2. The summed E-state index contributed by atoms with van der Waals surface area (Å²) in [5, 5.41) is 11.6. The Morgan fingerprint density at radius 1 is 1.15 bits per heavy atom. The van der Waals surface area contributed by atoms with Crippen LogP contribution in [0.4, 0.5) is 11.5 Å². The van der Waals surface area contributed by atoms with Crippen LogP contribution >= 0.6 is 0 Å². The first-order valence-corrected chi connectivity index (χ1v) is 7.69. The Kier molecular flexibility index (Phi) is 3.19. The second kappa shape index (κ2) is 5.31. The monoisotopic (exact) mass is 350 g/mol. The molecule has 4 rings (SSSR count). The number of hydrogen-bond donors (Lipinski definition) is 2. The number of imidazole rings is 1. The van der Waals surface area contributed by atoms with Crippen molar-refractivity contribution in [1.82, 2.24) is 14.2 Å². The van der Waals surface area contributed by atoms with Crippen molar-refractivity contribution in [3.05, 3.63) is 62.9 Å². The van der Waals surface area contributed by atoms with Crippen LogP contribution in [-0.4, -0.2) is 19.2 Å². The summed E-state index contributed by atoms with van der Waals surface area (Å²) in [5.74, 6) is 6.38. The van der Waals surface area contributed by atoms with Crippen molar-refractivity contribution < 1.29 is 4.92 Å². The van der Waals surface area contributed by atoms with E-state index < -0.39 is 10.5 Å². The number of nitrogens with two attached hydrogens (primary N) is 2. The van der Waals surface area contributed by atoms with Gasteiger partial charge in [-0.05, 0) is 18.2 Å². The summed E-state index contributed by atoms with van der Waals surface area (Å²) in [5.41, 5.74) is 7.41. The summed E-state index contributed by atoms with van der Waals surface area (Å²) in [6.45, 7) is 0. The molecule has 130 valence electrons. The van der Waals surface area contributed by atoms with Gasteiger partial charge in [-0.3, -0.25) is 14.9 Å². The highest BCUT2D eigenvalue weighted by molar-refractivity contribution is 6.01. The van der Waals surface area contributed by atoms with E-state index in [0.717, 1.165) is 15.7 Å². The van der Waals surface area contributed by atoms with E-state index in [2.05, 4.69) is 4.98 Å². The van der Waals surface area contributed by atoms with E-state index in [1.165, 1.54) is 18.2 Å². The number of benzene rings is 2. The van der Waals surface area contributed by atoms with E-state index in [1.807, 2.05) is 35.9 Å². The number of aromatic nitrogens is 3. The van der Waals surface area contributed by atoms with Crippen LogP contribution in [0.2, 0.25) is 0 Å². The minimum Gasteiger partial charge on any atom is -0.383 e. The molecule has 4 aromatic rings. The first-order chi connectivity index (χ1) is 12.4. The molecule has 0 spiro atoms. The summed E-state index contributed by atoms with van der Waals surface area (Å²) in [6, 6.07) is 11.6. The topological polar surface area (TPSA) is 135 Å². The maximum atomic E-state index is 12.5. The van der Waals surface area contributed by atoms with Gasteiger partial charge in [-0.1, -0.05) is 12.1 Å². The molecule has 26 heavy (non-hydrogen) atoms. The summed E-state index contributed by atoms with van der Waals surface area (Å²) in [4.78, 5) is 27.6. The molecule has 0 saturated heterocycles. The quantitative estimate of drug-likeness (QED) is 0.321. The van der Waals surface area contributed by atoms with Crippen molar-refractivity contribution in [3.63, 3.8) is 0 Å². The smallest absolute Gasteiger partial charge is 0.278 e. The van der Waals surface area contributed by atoms with Crippen LogP contribution in [0.15, 0.2) is 47.3 Å². The number of anilines is 1. The number of para-hydroxylation sites is 2. The Morgan fingerprint density at radius 2 is 1.88 bits per heavy atom. The predicted octanol–water partition coefficient (Wildman–Crippen LogP) is 1.76. The predicted molar refractivity (Wildman–Crippen MR) is 99.1 cm³/mol. The summed E-state index contributed by atoms with van der Waals surface area (Å²) in [6.07, 6.45) is 0. The maximum absolute atomic E-state index is 12.5. The summed E-state index contributed by atoms with van der Waals surface area (Å²) in [7, 11) is 1.83. The number of pyridine rings is 1. The van der Waals surface area contributed by atoms with Crippen molar-refractivity contribution in [2.24, 2.45) is 7.05 Å². The molecular formula is C17H14N6O3. The lowest BCUT2D eigenvalue weighted by atomic mass is 10.0. The first-order valence-electron chi connectivity index (χ1n) is 7.69. The fourth-order valence-electron chi connectivity index (χ4n) is 3.14. The zero-order valence-corrected chi connectivity index (χ0v) is 13.7. The number of rotatable bonds is 2. The van der Waals surface area contributed by atoms with E-state index in [-0.39, 0.29) is 16.9 Å². The van der Waals surface area contributed by atoms with Crippen LogP contribution in [0.25, 0.3) is 33.2 Å². The van der Waals surface area contributed by atoms with E-state index in [9.17, 15) is 14.9 Å². The number of non-ortho nitro benzene ring substituents is 1. The molecular weight excluding hydrogens is 336 g/mol. The highest BCUT2D eigenvalue weighted by atomic mass is 16.6. The zero-order valence-electron chi connectivity index (χ0n) is 13.7. The molecule has 0 atom stereocenters. The van der Waals surface area contributed by atoms with Crippen LogP contribution in [-0.2, 0) is 7.05 Å². The number of hydrogen-bond acceptors (Lipinski definition) is 6. The van der Waals surface area contributed by atoms with Crippen molar-refractivity contribution in [2.75, 3.05) is 11.6 Å². The van der Waals surface area contributed by atoms with E-state index >= 15 is 0 Å². The molecule has 2 aromatic carbocycles. The van der Waals surface area contributed by atoms with Gasteiger partial charge in [0.25, 0.3) is 11.2 Å². The van der Waals surface area contributed by atoms with Gasteiger partial charge in [0.05, 0.1) is 26.9 Å². The molecule has 0 amide bonds.